The maximum absolute atomic E-state index is 9.18. The fourth-order valence-electron chi connectivity index (χ4n) is 4.31. The van der Waals surface area contributed by atoms with E-state index in [1.807, 2.05) is 30.3 Å². The third kappa shape index (κ3) is 7.48. The second-order valence-corrected chi connectivity index (χ2v) is 7.82. The molecule has 2 aromatic carbocycles. The molecule has 166 valence electrons. The van der Waals surface area contributed by atoms with Gasteiger partial charge < -0.3 is 27.6 Å². The number of benzene rings is 2. The van der Waals surface area contributed by atoms with Gasteiger partial charge in [0, 0.05) is 19.1 Å². The first-order chi connectivity index (χ1) is 14.8. The van der Waals surface area contributed by atoms with E-state index >= 15 is 0 Å². The van der Waals surface area contributed by atoms with Gasteiger partial charge in [-0.3, -0.25) is 0 Å². The Balaban J connectivity index is 0.000000213. The summed E-state index contributed by atoms with van der Waals surface area (Å²) in [5.41, 5.74) is 8.63. The molecule has 2 heterocycles. The summed E-state index contributed by atoms with van der Waals surface area (Å²) in [6.45, 7) is 4.33. The smallest absolute Gasteiger partial charge is 0.0997 e. The van der Waals surface area contributed by atoms with Crippen molar-refractivity contribution in [3.63, 3.8) is 0 Å². The monoisotopic (exact) mass is 440 g/mol. The van der Waals surface area contributed by atoms with Crippen LogP contribution in [0.1, 0.15) is 42.7 Å². The molecule has 2 saturated heterocycles. The second kappa shape index (κ2) is 14.0. The summed E-state index contributed by atoms with van der Waals surface area (Å²) in [6, 6.07) is 23.0. The number of rotatable bonds is 4. The van der Waals surface area contributed by atoms with Crippen LogP contribution in [0.15, 0.2) is 66.2 Å². The van der Waals surface area contributed by atoms with Crippen molar-refractivity contribution in [3.05, 3.63) is 77.4 Å². The van der Waals surface area contributed by atoms with Crippen LogP contribution in [0.2, 0.25) is 0 Å². The molecule has 5 heteroatoms. The molecule has 0 aliphatic carbocycles. The number of nitriles is 1. The van der Waals surface area contributed by atoms with Crippen LogP contribution >= 0.6 is 0 Å². The molecule has 0 aromatic heterocycles. The minimum absolute atomic E-state index is 0. The molecule has 3 N–H and O–H groups in total. The van der Waals surface area contributed by atoms with Crippen LogP contribution in [0.25, 0.3) is 5.57 Å². The minimum Gasteiger partial charge on any atom is -1.00 e. The van der Waals surface area contributed by atoms with Crippen molar-refractivity contribution in [1.29, 1.82) is 5.26 Å². The highest BCUT2D eigenvalue weighted by Crippen LogP contribution is 2.30. The van der Waals surface area contributed by atoms with Gasteiger partial charge in [-0.1, -0.05) is 60.7 Å². The van der Waals surface area contributed by atoms with E-state index < -0.39 is 0 Å². The number of allylic oxidation sites excluding steroid dienone is 1. The lowest BCUT2D eigenvalue weighted by atomic mass is 9.81. The van der Waals surface area contributed by atoms with Gasteiger partial charge >= 0.3 is 0 Å². The Labute approximate surface area is 192 Å². The molecule has 2 aromatic rings. The van der Waals surface area contributed by atoms with Crippen molar-refractivity contribution in [1.82, 2.24) is 0 Å². The third-order valence-electron chi connectivity index (χ3n) is 6.00. The molecular weight excluding hydrogens is 408 g/mol. The van der Waals surface area contributed by atoms with E-state index in [1.54, 1.807) is 0 Å². The SMILES string of the molecule is N#CC(=C1CCOCC1)c1ccccc1.[Cl-].[NH3+]CC(c1ccccc1)C1CCOCC1. The van der Waals surface area contributed by atoms with E-state index in [9.17, 15) is 5.26 Å². The number of ether oxygens (including phenoxy) is 2. The van der Waals surface area contributed by atoms with Gasteiger partial charge in [0.25, 0.3) is 0 Å². The summed E-state index contributed by atoms with van der Waals surface area (Å²) >= 11 is 0. The van der Waals surface area contributed by atoms with E-state index in [1.165, 1.54) is 24.0 Å². The Hall–Kier alpha value is -2.16. The fourth-order valence-corrected chi connectivity index (χ4v) is 4.31. The van der Waals surface area contributed by atoms with E-state index in [-0.39, 0.29) is 12.4 Å². The molecule has 0 radical (unpaired) electrons. The molecule has 0 amide bonds. The average molecular weight is 441 g/mol. The van der Waals surface area contributed by atoms with E-state index in [0.29, 0.717) is 5.92 Å². The van der Waals surface area contributed by atoms with Crippen molar-refractivity contribution in [3.8, 4) is 6.07 Å². The molecule has 4 rings (SSSR count). The number of nitrogens with zero attached hydrogens (tertiary/aromatic N) is 1. The number of halogens is 1. The average Bonchev–Trinajstić information content (AvgIpc) is 2.83. The lowest BCUT2D eigenvalue weighted by Gasteiger charge is -2.28. The van der Waals surface area contributed by atoms with Crippen LogP contribution in [0.5, 0.6) is 0 Å². The van der Waals surface area contributed by atoms with Crippen molar-refractivity contribution in [2.75, 3.05) is 33.0 Å². The lowest BCUT2D eigenvalue weighted by Crippen LogP contribution is -3.00. The Morgan fingerprint density at radius 2 is 1.45 bits per heavy atom. The molecule has 0 saturated carbocycles. The van der Waals surface area contributed by atoms with E-state index in [4.69, 9.17) is 9.47 Å². The van der Waals surface area contributed by atoms with Gasteiger partial charge in [0.1, 0.15) is 0 Å². The summed E-state index contributed by atoms with van der Waals surface area (Å²) in [7, 11) is 0. The lowest BCUT2D eigenvalue weighted by molar-refractivity contribution is -0.375. The Bertz CT molecular complexity index is 819. The molecule has 2 aliphatic rings. The van der Waals surface area contributed by atoms with Crippen LogP contribution < -0.4 is 18.1 Å². The largest absolute Gasteiger partial charge is 1.00 e. The van der Waals surface area contributed by atoms with Crippen molar-refractivity contribution in [2.24, 2.45) is 5.92 Å². The third-order valence-corrected chi connectivity index (χ3v) is 6.00. The highest BCUT2D eigenvalue weighted by molar-refractivity contribution is 5.79. The maximum atomic E-state index is 9.18. The number of hydrogen-bond acceptors (Lipinski definition) is 3. The molecular formula is C26H33ClN2O2. The Kier molecular flexibility index (Phi) is 11.3. The zero-order valence-corrected chi connectivity index (χ0v) is 18.9. The Morgan fingerprint density at radius 3 is 2.00 bits per heavy atom. The first-order valence-corrected chi connectivity index (χ1v) is 11.0. The van der Waals surface area contributed by atoms with Gasteiger partial charge in [0.2, 0.25) is 0 Å². The first kappa shape index (κ1) is 25.1. The molecule has 31 heavy (non-hydrogen) atoms. The highest BCUT2D eigenvalue weighted by Gasteiger charge is 2.25. The molecule has 2 fully saturated rings. The van der Waals surface area contributed by atoms with Crippen molar-refractivity contribution < 1.29 is 27.6 Å². The first-order valence-electron chi connectivity index (χ1n) is 11.0. The summed E-state index contributed by atoms with van der Waals surface area (Å²) in [5, 5.41) is 9.18. The molecule has 0 spiro atoms. The van der Waals surface area contributed by atoms with Gasteiger partial charge in [-0.2, -0.15) is 5.26 Å². The van der Waals surface area contributed by atoms with Gasteiger partial charge in [-0.15, -0.1) is 0 Å². The number of quaternary nitrogens is 1. The highest BCUT2D eigenvalue weighted by atomic mass is 35.5. The van der Waals surface area contributed by atoms with Crippen molar-refractivity contribution >= 4 is 5.57 Å². The van der Waals surface area contributed by atoms with Gasteiger partial charge in [0.15, 0.2) is 0 Å². The van der Waals surface area contributed by atoms with Crippen LogP contribution in [0.3, 0.4) is 0 Å². The molecule has 1 unspecified atom stereocenters. The van der Waals surface area contributed by atoms with Crippen LogP contribution in [-0.2, 0) is 9.47 Å². The standard InChI is InChI=1S/C13H19NO.C13H13NO.ClH/c2*14-10-13(11-4-2-1-3-5-11)12-6-8-15-9-7-12;/h1-5,12-13H,6-10,14H2;1-5H,6-9H2;1H. The van der Waals surface area contributed by atoms with Crippen LogP contribution in [0.4, 0.5) is 0 Å². The zero-order chi connectivity index (χ0) is 21.0. The van der Waals surface area contributed by atoms with Crippen LogP contribution in [-0.4, -0.2) is 33.0 Å². The van der Waals surface area contributed by atoms with E-state index in [2.05, 4.69) is 42.1 Å². The normalized spacial score (nSPS) is 17.4. The summed E-state index contributed by atoms with van der Waals surface area (Å²) in [4.78, 5) is 0. The minimum atomic E-state index is 0. The quantitative estimate of drug-likeness (QED) is 0.726. The fraction of sp³-hybridized carbons (Fsp3) is 0.423. The molecule has 1 atom stereocenters. The van der Waals surface area contributed by atoms with Crippen LogP contribution in [0, 0.1) is 17.2 Å². The number of hydrogen-bond donors (Lipinski definition) is 1. The summed E-state index contributed by atoms with van der Waals surface area (Å²) in [6.07, 6.45) is 4.15. The van der Waals surface area contributed by atoms with E-state index in [0.717, 1.165) is 62.9 Å². The second-order valence-electron chi connectivity index (χ2n) is 7.82. The molecule has 2 aliphatic heterocycles. The van der Waals surface area contributed by atoms with Gasteiger partial charge in [0.05, 0.1) is 31.4 Å². The molecule has 0 bridgehead atoms. The topological polar surface area (TPSA) is 69.9 Å². The predicted molar refractivity (Wildman–Crippen MR) is 120 cm³/mol. The summed E-state index contributed by atoms with van der Waals surface area (Å²) in [5.74, 6) is 1.38. The van der Waals surface area contributed by atoms with Gasteiger partial charge in [-0.25, -0.2) is 0 Å². The molecule has 4 nitrogen and oxygen atoms in total. The van der Waals surface area contributed by atoms with Crippen molar-refractivity contribution in [2.45, 2.75) is 31.6 Å². The summed E-state index contributed by atoms with van der Waals surface area (Å²) < 4.78 is 10.7. The zero-order valence-electron chi connectivity index (χ0n) is 18.1. The Morgan fingerprint density at radius 1 is 0.903 bits per heavy atom. The predicted octanol–water partition coefficient (Wildman–Crippen LogP) is 1.22. The van der Waals surface area contributed by atoms with Gasteiger partial charge in [-0.05, 0) is 48.3 Å². The maximum Gasteiger partial charge on any atom is 0.0997 e.